The largest absolute Gasteiger partial charge is 0.491 e. The molecule has 0 aromatic heterocycles. The Morgan fingerprint density at radius 1 is 1.05 bits per heavy atom. The maximum atomic E-state index is 5.65. The van der Waals surface area contributed by atoms with Crippen molar-refractivity contribution in [2.24, 2.45) is 5.92 Å². The van der Waals surface area contributed by atoms with E-state index in [1.54, 1.807) is 0 Å². The number of hydrogen-bond acceptors (Lipinski definition) is 2. The van der Waals surface area contributed by atoms with Gasteiger partial charge in [0.25, 0.3) is 0 Å². The highest BCUT2D eigenvalue weighted by atomic mass is 16.5. The minimum atomic E-state index is 0.247. The predicted octanol–water partition coefficient (Wildman–Crippen LogP) is 4.04. The molecular formula is C17H29NO. The van der Waals surface area contributed by atoms with Crippen LogP contribution in [0.3, 0.4) is 0 Å². The average Bonchev–Trinajstić information content (AvgIpc) is 2.37. The van der Waals surface area contributed by atoms with Crippen molar-refractivity contribution in [2.45, 2.75) is 53.1 Å². The molecule has 0 aliphatic rings. The van der Waals surface area contributed by atoms with Gasteiger partial charge in [0.05, 0.1) is 6.10 Å². The summed E-state index contributed by atoms with van der Waals surface area (Å²) in [6.07, 6.45) is 3.94. The number of aryl methyl sites for hydroxylation is 1. The molecule has 1 N–H and O–H groups in total. The first-order valence-electron chi connectivity index (χ1n) is 7.58. The molecule has 0 saturated heterocycles. The van der Waals surface area contributed by atoms with Crippen LogP contribution < -0.4 is 10.1 Å². The highest BCUT2D eigenvalue weighted by Gasteiger charge is 2.03. The first-order valence-corrected chi connectivity index (χ1v) is 7.58. The van der Waals surface area contributed by atoms with Crippen molar-refractivity contribution in [3.63, 3.8) is 0 Å². The summed E-state index contributed by atoms with van der Waals surface area (Å²) in [5, 5.41) is 3.39. The summed E-state index contributed by atoms with van der Waals surface area (Å²) in [6.45, 7) is 10.8. The summed E-state index contributed by atoms with van der Waals surface area (Å²) < 4.78 is 5.65. The van der Waals surface area contributed by atoms with Crippen LogP contribution in [-0.2, 0) is 6.42 Å². The van der Waals surface area contributed by atoms with Gasteiger partial charge in [-0.15, -0.1) is 0 Å². The fourth-order valence-electron chi connectivity index (χ4n) is 2.09. The van der Waals surface area contributed by atoms with Crippen molar-refractivity contribution in [1.29, 1.82) is 0 Å². The average molecular weight is 263 g/mol. The smallest absolute Gasteiger partial charge is 0.119 e. The van der Waals surface area contributed by atoms with Crippen molar-refractivity contribution < 1.29 is 4.74 Å². The SMILES string of the molecule is CCNCCC(C)CCc1ccc(OC(C)C)cc1. The fourth-order valence-corrected chi connectivity index (χ4v) is 2.09. The molecule has 0 bridgehead atoms. The lowest BCUT2D eigenvalue weighted by molar-refractivity contribution is 0.242. The molecule has 0 spiro atoms. The van der Waals surface area contributed by atoms with E-state index in [9.17, 15) is 0 Å². The van der Waals surface area contributed by atoms with Gasteiger partial charge in [-0.3, -0.25) is 0 Å². The third-order valence-corrected chi connectivity index (χ3v) is 3.28. The molecule has 0 aliphatic carbocycles. The van der Waals surface area contributed by atoms with Crippen LogP contribution in [0.25, 0.3) is 0 Å². The standard InChI is InChI=1S/C17H29NO/c1-5-18-13-12-15(4)6-7-16-8-10-17(11-9-16)19-14(2)3/h8-11,14-15,18H,5-7,12-13H2,1-4H3. The highest BCUT2D eigenvalue weighted by Crippen LogP contribution is 2.17. The van der Waals surface area contributed by atoms with Gasteiger partial charge in [-0.05, 0) is 69.8 Å². The van der Waals surface area contributed by atoms with Gasteiger partial charge < -0.3 is 10.1 Å². The van der Waals surface area contributed by atoms with Crippen LogP contribution in [0.5, 0.6) is 5.75 Å². The van der Waals surface area contributed by atoms with E-state index >= 15 is 0 Å². The van der Waals surface area contributed by atoms with Gasteiger partial charge in [0.15, 0.2) is 0 Å². The molecule has 2 nitrogen and oxygen atoms in total. The van der Waals surface area contributed by atoms with Crippen molar-refractivity contribution in [1.82, 2.24) is 5.32 Å². The molecule has 0 saturated carbocycles. The predicted molar refractivity (Wildman–Crippen MR) is 82.9 cm³/mol. The van der Waals surface area contributed by atoms with Gasteiger partial charge in [0.2, 0.25) is 0 Å². The molecule has 1 rings (SSSR count). The molecule has 2 heteroatoms. The second-order valence-electron chi connectivity index (χ2n) is 5.60. The first-order chi connectivity index (χ1) is 9.11. The van der Waals surface area contributed by atoms with E-state index in [-0.39, 0.29) is 6.10 Å². The third kappa shape index (κ3) is 7.22. The lowest BCUT2D eigenvalue weighted by Crippen LogP contribution is -2.16. The minimum Gasteiger partial charge on any atom is -0.491 e. The van der Waals surface area contributed by atoms with Gasteiger partial charge in [0.1, 0.15) is 5.75 Å². The summed E-state index contributed by atoms with van der Waals surface area (Å²) in [4.78, 5) is 0. The van der Waals surface area contributed by atoms with Crippen LogP contribution in [0.2, 0.25) is 0 Å². The maximum Gasteiger partial charge on any atom is 0.119 e. The fraction of sp³-hybridized carbons (Fsp3) is 0.647. The van der Waals surface area contributed by atoms with Crippen LogP contribution in [0.15, 0.2) is 24.3 Å². The van der Waals surface area contributed by atoms with Crippen LogP contribution in [0.1, 0.15) is 46.1 Å². The van der Waals surface area contributed by atoms with Crippen LogP contribution in [0.4, 0.5) is 0 Å². The van der Waals surface area contributed by atoms with E-state index in [2.05, 4.69) is 57.3 Å². The second kappa shape index (κ2) is 8.98. The summed E-state index contributed by atoms with van der Waals surface area (Å²) in [5.41, 5.74) is 1.41. The van der Waals surface area contributed by atoms with Crippen LogP contribution in [-0.4, -0.2) is 19.2 Å². The Balaban J connectivity index is 2.29. The second-order valence-corrected chi connectivity index (χ2v) is 5.60. The van der Waals surface area contributed by atoms with E-state index in [1.807, 2.05) is 0 Å². The zero-order valence-electron chi connectivity index (χ0n) is 12.9. The molecule has 1 atom stereocenters. The van der Waals surface area contributed by atoms with Gasteiger partial charge >= 0.3 is 0 Å². The Morgan fingerprint density at radius 2 is 1.74 bits per heavy atom. The zero-order chi connectivity index (χ0) is 14.1. The number of hydrogen-bond donors (Lipinski definition) is 1. The monoisotopic (exact) mass is 263 g/mol. The Kier molecular flexibility index (Phi) is 7.57. The van der Waals surface area contributed by atoms with E-state index in [1.165, 1.54) is 18.4 Å². The topological polar surface area (TPSA) is 21.3 Å². The minimum absolute atomic E-state index is 0.247. The molecule has 0 fully saturated rings. The molecule has 0 amide bonds. The molecule has 108 valence electrons. The quantitative estimate of drug-likeness (QED) is 0.679. The van der Waals surface area contributed by atoms with Gasteiger partial charge in [0, 0.05) is 0 Å². The molecule has 0 aliphatic heterocycles. The van der Waals surface area contributed by atoms with Crippen molar-refractivity contribution >= 4 is 0 Å². The molecular weight excluding hydrogens is 234 g/mol. The summed E-state index contributed by atoms with van der Waals surface area (Å²) >= 11 is 0. The Labute approximate surface area is 118 Å². The molecule has 1 aromatic carbocycles. The molecule has 19 heavy (non-hydrogen) atoms. The lowest BCUT2D eigenvalue weighted by Gasteiger charge is -2.12. The van der Waals surface area contributed by atoms with E-state index in [4.69, 9.17) is 4.74 Å². The van der Waals surface area contributed by atoms with E-state index in [0.717, 1.165) is 31.2 Å². The normalized spacial score (nSPS) is 12.7. The van der Waals surface area contributed by atoms with Crippen molar-refractivity contribution in [2.75, 3.05) is 13.1 Å². The van der Waals surface area contributed by atoms with Crippen molar-refractivity contribution in [3.8, 4) is 5.75 Å². The number of rotatable bonds is 9. The van der Waals surface area contributed by atoms with Crippen molar-refractivity contribution in [3.05, 3.63) is 29.8 Å². The Bertz CT molecular complexity index is 332. The highest BCUT2D eigenvalue weighted by molar-refractivity contribution is 5.27. The van der Waals surface area contributed by atoms with E-state index < -0.39 is 0 Å². The third-order valence-electron chi connectivity index (χ3n) is 3.28. The number of ether oxygens (including phenoxy) is 1. The van der Waals surface area contributed by atoms with Gasteiger partial charge in [-0.2, -0.15) is 0 Å². The molecule has 1 unspecified atom stereocenters. The number of benzene rings is 1. The lowest BCUT2D eigenvalue weighted by atomic mass is 9.98. The van der Waals surface area contributed by atoms with Gasteiger partial charge in [-0.25, -0.2) is 0 Å². The Morgan fingerprint density at radius 3 is 2.32 bits per heavy atom. The molecule has 0 heterocycles. The van der Waals surface area contributed by atoms with Crippen LogP contribution in [0, 0.1) is 5.92 Å². The summed E-state index contributed by atoms with van der Waals surface area (Å²) in [6, 6.07) is 8.54. The van der Waals surface area contributed by atoms with Crippen LogP contribution >= 0.6 is 0 Å². The first kappa shape index (κ1) is 16.0. The van der Waals surface area contributed by atoms with E-state index in [0.29, 0.717) is 0 Å². The molecule has 1 aromatic rings. The summed E-state index contributed by atoms with van der Waals surface area (Å²) in [5.74, 6) is 1.75. The molecule has 0 radical (unpaired) electrons. The number of nitrogens with one attached hydrogen (secondary N) is 1. The summed E-state index contributed by atoms with van der Waals surface area (Å²) in [7, 11) is 0. The van der Waals surface area contributed by atoms with Gasteiger partial charge in [-0.1, -0.05) is 26.0 Å². The Hall–Kier alpha value is -1.02. The maximum absolute atomic E-state index is 5.65. The zero-order valence-corrected chi connectivity index (χ0v) is 12.9.